The van der Waals surface area contributed by atoms with Crippen LogP contribution in [0.1, 0.15) is 54.3 Å². The molecule has 2 aromatic heterocycles. The average molecular weight is 440 g/mol. The van der Waals surface area contributed by atoms with E-state index >= 15 is 0 Å². The van der Waals surface area contributed by atoms with Crippen molar-refractivity contribution in [1.29, 1.82) is 0 Å². The third-order valence-corrected chi connectivity index (χ3v) is 5.84. The van der Waals surface area contributed by atoms with Crippen molar-refractivity contribution in [3.05, 3.63) is 71.2 Å². The van der Waals surface area contributed by atoms with Crippen LogP contribution in [0.2, 0.25) is 0 Å². The Morgan fingerprint density at radius 1 is 1.10 bits per heavy atom. The second kappa shape index (κ2) is 9.74. The zero-order valence-corrected chi connectivity index (χ0v) is 17.6. The molecule has 2 heterocycles. The van der Waals surface area contributed by atoms with Gasteiger partial charge in [0, 0.05) is 17.6 Å². The first-order valence-corrected chi connectivity index (χ1v) is 11.1. The van der Waals surface area contributed by atoms with Crippen LogP contribution in [0.15, 0.2) is 54.0 Å². The Morgan fingerprint density at radius 3 is 2.55 bits per heavy atom. The lowest BCUT2D eigenvalue weighted by Gasteiger charge is -2.32. The third-order valence-electron chi connectivity index (χ3n) is 5.34. The van der Waals surface area contributed by atoms with Crippen molar-refractivity contribution in [2.75, 3.05) is 4.90 Å². The van der Waals surface area contributed by atoms with Gasteiger partial charge in [0.1, 0.15) is 5.82 Å². The van der Waals surface area contributed by atoms with E-state index in [0.29, 0.717) is 5.69 Å². The van der Waals surface area contributed by atoms with Gasteiger partial charge in [0.2, 0.25) is 5.91 Å². The van der Waals surface area contributed by atoms with Crippen molar-refractivity contribution in [3.8, 4) is 0 Å². The minimum atomic E-state index is -1.16. The van der Waals surface area contributed by atoms with E-state index in [-0.39, 0.29) is 17.4 Å². The summed E-state index contributed by atoms with van der Waals surface area (Å²) >= 11 is 1.01. The summed E-state index contributed by atoms with van der Waals surface area (Å²) in [4.78, 5) is 32.4. The second-order valence-corrected chi connectivity index (χ2v) is 8.03. The van der Waals surface area contributed by atoms with Crippen LogP contribution in [0, 0.1) is 5.82 Å². The molecule has 1 fully saturated rings. The Labute approximate surface area is 183 Å². The molecule has 3 aromatic rings. The van der Waals surface area contributed by atoms with E-state index in [0.717, 1.165) is 48.5 Å². The van der Waals surface area contributed by atoms with E-state index in [1.54, 1.807) is 30.5 Å². The van der Waals surface area contributed by atoms with E-state index < -0.39 is 23.7 Å². The Balaban J connectivity index is 1.78. The predicted octanol–water partition coefficient (Wildman–Crippen LogP) is 3.91. The van der Waals surface area contributed by atoms with E-state index in [9.17, 15) is 14.0 Å². The number of hydrogen-bond donors (Lipinski definition) is 1. The Bertz CT molecular complexity index is 1030. The highest BCUT2D eigenvalue weighted by Gasteiger charge is 2.37. The first-order valence-electron chi connectivity index (χ1n) is 10.2. The van der Waals surface area contributed by atoms with Gasteiger partial charge in [-0.15, -0.1) is 5.10 Å². The number of aromatic nitrogens is 3. The summed E-state index contributed by atoms with van der Waals surface area (Å²) in [6.07, 6.45) is 6.53. The lowest BCUT2D eigenvalue weighted by Crippen LogP contribution is -2.48. The van der Waals surface area contributed by atoms with Gasteiger partial charge in [0.15, 0.2) is 11.7 Å². The van der Waals surface area contributed by atoms with Gasteiger partial charge in [-0.2, -0.15) is 0 Å². The molecule has 0 spiro atoms. The van der Waals surface area contributed by atoms with E-state index in [2.05, 4.69) is 19.9 Å². The van der Waals surface area contributed by atoms with Crippen LogP contribution in [0.25, 0.3) is 0 Å². The molecule has 1 aromatic carbocycles. The summed E-state index contributed by atoms with van der Waals surface area (Å²) in [6, 6.07) is 9.85. The summed E-state index contributed by atoms with van der Waals surface area (Å²) in [6.45, 7) is 0. The summed E-state index contributed by atoms with van der Waals surface area (Å²) in [5.74, 6) is -1.64. The topological polar surface area (TPSA) is 88.1 Å². The number of benzene rings is 1. The fourth-order valence-corrected chi connectivity index (χ4v) is 4.27. The molecule has 1 saturated carbocycles. The third kappa shape index (κ3) is 4.77. The monoisotopic (exact) mass is 439 g/mol. The molecule has 0 saturated heterocycles. The van der Waals surface area contributed by atoms with Gasteiger partial charge < -0.3 is 5.32 Å². The molecule has 2 amide bonds. The van der Waals surface area contributed by atoms with E-state index in [1.807, 2.05) is 0 Å². The van der Waals surface area contributed by atoms with E-state index in [4.69, 9.17) is 0 Å². The van der Waals surface area contributed by atoms with Crippen LogP contribution in [-0.4, -0.2) is 32.4 Å². The van der Waals surface area contributed by atoms with Crippen LogP contribution in [0.4, 0.5) is 10.1 Å². The molecule has 4 rings (SSSR count). The fourth-order valence-electron chi connectivity index (χ4n) is 3.84. The van der Waals surface area contributed by atoms with Gasteiger partial charge in [0.25, 0.3) is 5.91 Å². The lowest BCUT2D eigenvalue weighted by molar-refractivity contribution is -0.123. The number of hydrogen-bond acceptors (Lipinski definition) is 6. The molecule has 0 aliphatic heterocycles. The SMILES string of the molecule is O=C(NC1CCCCC1)[C@@H](c1ccccn1)N(C(=O)c1csnn1)c1ccccc1F. The molecule has 160 valence electrons. The molecular formula is C22H22FN5O2S. The molecule has 1 aliphatic carbocycles. The van der Waals surface area contributed by atoms with Crippen molar-refractivity contribution < 1.29 is 14.0 Å². The molecule has 7 nitrogen and oxygen atoms in total. The normalized spacial score (nSPS) is 15.3. The lowest BCUT2D eigenvalue weighted by atomic mass is 9.95. The molecule has 1 atom stereocenters. The maximum absolute atomic E-state index is 14.9. The smallest absolute Gasteiger partial charge is 0.280 e. The molecule has 1 aliphatic rings. The van der Waals surface area contributed by atoms with Gasteiger partial charge in [-0.1, -0.05) is 41.9 Å². The number of carbonyl (C=O) groups excluding carboxylic acids is 2. The van der Waals surface area contributed by atoms with Crippen molar-refractivity contribution in [3.63, 3.8) is 0 Å². The molecule has 31 heavy (non-hydrogen) atoms. The number of para-hydroxylation sites is 1. The number of halogens is 1. The van der Waals surface area contributed by atoms with E-state index in [1.165, 1.54) is 23.6 Å². The van der Waals surface area contributed by atoms with Crippen LogP contribution >= 0.6 is 11.5 Å². The highest BCUT2D eigenvalue weighted by molar-refractivity contribution is 7.03. The molecule has 9 heteroatoms. The summed E-state index contributed by atoms with van der Waals surface area (Å²) in [5.41, 5.74) is 0.366. The average Bonchev–Trinajstić information content (AvgIpc) is 3.34. The standard InChI is InChI=1S/C22H22FN5O2S/c23-16-10-4-5-12-19(16)28(22(30)18-14-31-27-26-18)20(17-11-6-7-13-24-17)21(29)25-15-8-2-1-3-9-15/h4-7,10-15,20H,1-3,8-9H2,(H,25,29)/t20-/m1/s1. The molecule has 0 unspecified atom stereocenters. The number of pyridine rings is 1. The summed E-state index contributed by atoms with van der Waals surface area (Å²) < 4.78 is 18.6. The number of amides is 2. The van der Waals surface area contributed by atoms with Gasteiger partial charge in [-0.25, -0.2) is 4.39 Å². The van der Waals surface area contributed by atoms with Gasteiger partial charge in [-0.05, 0) is 48.6 Å². The molecule has 0 radical (unpaired) electrons. The van der Waals surface area contributed by atoms with Crippen LogP contribution in [-0.2, 0) is 4.79 Å². The second-order valence-electron chi connectivity index (χ2n) is 7.42. The Morgan fingerprint density at radius 2 is 1.87 bits per heavy atom. The first-order chi connectivity index (χ1) is 15.1. The zero-order chi connectivity index (χ0) is 21.6. The van der Waals surface area contributed by atoms with Crippen LogP contribution in [0.3, 0.4) is 0 Å². The van der Waals surface area contributed by atoms with Gasteiger partial charge in [0.05, 0.1) is 11.4 Å². The number of rotatable bonds is 6. The van der Waals surface area contributed by atoms with Gasteiger partial charge in [-0.3, -0.25) is 19.5 Å². The van der Waals surface area contributed by atoms with Crippen molar-refractivity contribution >= 4 is 29.0 Å². The van der Waals surface area contributed by atoms with Crippen molar-refractivity contribution in [2.24, 2.45) is 0 Å². The number of nitrogens with one attached hydrogen (secondary N) is 1. The highest BCUT2D eigenvalue weighted by Crippen LogP contribution is 2.31. The van der Waals surface area contributed by atoms with Crippen molar-refractivity contribution in [1.82, 2.24) is 19.9 Å². The predicted molar refractivity (Wildman–Crippen MR) is 115 cm³/mol. The minimum Gasteiger partial charge on any atom is -0.351 e. The molecule has 1 N–H and O–H groups in total. The largest absolute Gasteiger partial charge is 0.351 e. The summed E-state index contributed by atoms with van der Waals surface area (Å²) in [5, 5.41) is 8.38. The van der Waals surface area contributed by atoms with Crippen LogP contribution in [0.5, 0.6) is 0 Å². The van der Waals surface area contributed by atoms with Crippen LogP contribution < -0.4 is 10.2 Å². The van der Waals surface area contributed by atoms with Gasteiger partial charge >= 0.3 is 0 Å². The highest BCUT2D eigenvalue weighted by atomic mass is 32.1. The number of anilines is 1. The maximum atomic E-state index is 14.9. The quantitative estimate of drug-likeness (QED) is 0.629. The first kappa shape index (κ1) is 21.0. The number of carbonyl (C=O) groups is 2. The number of nitrogens with zero attached hydrogens (tertiary/aromatic N) is 4. The zero-order valence-electron chi connectivity index (χ0n) is 16.8. The minimum absolute atomic E-state index is 0.0186. The van der Waals surface area contributed by atoms with Crippen molar-refractivity contribution in [2.45, 2.75) is 44.2 Å². The maximum Gasteiger partial charge on any atom is 0.280 e. The molecular weight excluding hydrogens is 417 g/mol. The molecule has 0 bridgehead atoms. The Hall–Kier alpha value is -3.20. The fraction of sp³-hybridized carbons (Fsp3) is 0.318. The summed E-state index contributed by atoms with van der Waals surface area (Å²) in [7, 11) is 0. The Kier molecular flexibility index (Phi) is 6.61.